The van der Waals surface area contributed by atoms with Gasteiger partial charge in [-0.25, -0.2) is 4.79 Å². The van der Waals surface area contributed by atoms with Crippen molar-refractivity contribution in [3.63, 3.8) is 0 Å². The summed E-state index contributed by atoms with van der Waals surface area (Å²) in [6.45, 7) is 8.87. The van der Waals surface area contributed by atoms with Crippen molar-refractivity contribution < 1.29 is 14.3 Å². The van der Waals surface area contributed by atoms with Crippen LogP contribution >= 0.6 is 11.8 Å². The molecule has 4 nitrogen and oxygen atoms in total. The van der Waals surface area contributed by atoms with Crippen LogP contribution in [0.2, 0.25) is 0 Å². The summed E-state index contributed by atoms with van der Waals surface area (Å²) < 4.78 is 5.03. The Kier molecular flexibility index (Phi) is 5.72. The Morgan fingerprint density at radius 1 is 1.40 bits per heavy atom. The number of alkyl carbamates (subject to hydrolysis) is 1. The summed E-state index contributed by atoms with van der Waals surface area (Å²) in [5.74, 6) is 0.708. The Morgan fingerprint density at radius 2 is 1.93 bits per heavy atom. The van der Waals surface area contributed by atoms with E-state index in [1.54, 1.807) is 27.7 Å². The lowest BCUT2D eigenvalue weighted by molar-refractivity contribution is -0.112. The van der Waals surface area contributed by atoms with E-state index in [4.69, 9.17) is 4.74 Å². The zero-order valence-corrected chi connectivity index (χ0v) is 10.7. The Balaban J connectivity index is 4.02. The Morgan fingerprint density at radius 3 is 2.33 bits per heavy atom. The minimum Gasteiger partial charge on any atom is -0.444 e. The van der Waals surface area contributed by atoms with E-state index in [1.807, 2.05) is 6.92 Å². The van der Waals surface area contributed by atoms with Crippen molar-refractivity contribution in [1.29, 1.82) is 0 Å². The van der Waals surface area contributed by atoms with E-state index in [0.717, 1.165) is 0 Å². The van der Waals surface area contributed by atoms with Crippen LogP contribution in [-0.4, -0.2) is 28.6 Å². The number of amides is 1. The van der Waals surface area contributed by atoms with Crippen LogP contribution in [0.25, 0.3) is 0 Å². The zero-order valence-electron chi connectivity index (χ0n) is 9.92. The van der Waals surface area contributed by atoms with Gasteiger partial charge in [0, 0.05) is 0 Å². The lowest BCUT2D eigenvalue weighted by Crippen LogP contribution is -2.40. The van der Waals surface area contributed by atoms with E-state index in [2.05, 4.69) is 5.32 Å². The molecule has 0 unspecified atom stereocenters. The third kappa shape index (κ3) is 7.25. The van der Waals surface area contributed by atoms with Crippen molar-refractivity contribution >= 4 is 23.0 Å². The van der Waals surface area contributed by atoms with Gasteiger partial charge in [-0.2, -0.15) is 0 Å². The number of hydrogen-bond donors (Lipinski definition) is 1. The van der Waals surface area contributed by atoms with Gasteiger partial charge in [0.25, 0.3) is 0 Å². The lowest BCUT2D eigenvalue weighted by Gasteiger charge is -2.21. The molecule has 15 heavy (non-hydrogen) atoms. The van der Waals surface area contributed by atoms with E-state index < -0.39 is 17.7 Å². The van der Waals surface area contributed by atoms with Crippen molar-refractivity contribution in [3.8, 4) is 0 Å². The molecule has 0 spiro atoms. The molecule has 0 heterocycles. The largest absolute Gasteiger partial charge is 0.444 e. The van der Waals surface area contributed by atoms with Crippen LogP contribution in [0.15, 0.2) is 0 Å². The van der Waals surface area contributed by atoms with Crippen LogP contribution in [0.3, 0.4) is 0 Å². The molecule has 88 valence electrons. The van der Waals surface area contributed by atoms with E-state index in [0.29, 0.717) is 5.75 Å². The highest BCUT2D eigenvalue weighted by atomic mass is 32.2. The second-order valence-electron chi connectivity index (χ2n) is 4.12. The first-order valence-electron chi connectivity index (χ1n) is 4.92. The molecule has 0 radical (unpaired) electrons. The fraction of sp³-hybridized carbons (Fsp3) is 0.800. The van der Waals surface area contributed by atoms with Crippen LogP contribution in [0.1, 0.15) is 34.6 Å². The minimum absolute atomic E-state index is 0.0524. The lowest BCUT2D eigenvalue weighted by atomic mass is 10.2. The molecule has 5 heteroatoms. The number of carbonyl (C=O) groups excluding carboxylic acids is 2. The SMILES string of the molecule is CCSC(=O)[C@H](C)NC(=O)OC(C)(C)C. The second-order valence-corrected chi connectivity index (χ2v) is 5.39. The van der Waals surface area contributed by atoms with Crippen molar-refractivity contribution in [2.45, 2.75) is 46.3 Å². The third-order valence-corrected chi connectivity index (χ3v) is 2.30. The van der Waals surface area contributed by atoms with Gasteiger partial charge in [0.1, 0.15) is 5.60 Å². The van der Waals surface area contributed by atoms with E-state index in [9.17, 15) is 9.59 Å². The average molecular weight is 233 g/mol. The molecular formula is C10H19NO3S. The maximum atomic E-state index is 11.3. The number of thioether (sulfide) groups is 1. The van der Waals surface area contributed by atoms with Gasteiger partial charge in [-0.05, 0) is 33.4 Å². The monoisotopic (exact) mass is 233 g/mol. The van der Waals surface area contributed by atoms with Gasteiger partial charge >= 0.3 is 6.09 Å². The highest BCUT2D eigenvalue weighted by Crippen LogP contribution is 2.08. The molecule has 0 bridgehead atoms. The van der Waals surface area contributed by atoms with E-state index in [1.165, 1.54) is 11.8 Å². The molecule has 1 amide bonds. The smallest absolute Gasteiger partial charge is 0.408 e. The fourth-order valence-corrected chi connectivity index (χ4v) is 1.40. The van der Waals surface area contributed by atoms with Crippen molar-refractivity contribution in [3.05, 3.63) is 0 Å². The summed E-state index contributed by atoms with van der Waals surface area (Å²) in [6.07, 6.45) is -0.556. The van der Waals surface area contributed by atoms with E-state index in [-0.39, 0.29) is 5.12 Å². The highest BCUT2D eigenvalue weighted by molar-refractivity contribution is 8.13. The molecule has 0 aliphatic carbocycles. The molecule has 0 aliphatic rings. The van der Waals surface area contributed by atoms with Gasteiger partial charge in [0.15, 0.2) is 0 Å². The van der Waals surface area contributed by atoms with Gasteiger partial charge in [-0.15, -0.1) is 0 Å². The molecular weight excluding hydrogens is 214 g/mol. The normalized spacial score (nSPS) is 13.1. The average Bonchev–Trinajstić information content (AvgIpc) is 2.00. The number of hydrogen-bond acceptors (Lipinski definition) is 4. The first-order chi connectivity index (χ1) is 6.76. The fourth-order valence-electron chi connectivity index (χ4n) is 0.811. The van der Waals surface area contributed by atoms with Crippen molar-refractivity contribution in [1.82, 2.24) is 5.32 Å². The summed E-state index contributed by atoms with van der Waals surface area (Å²) in [7, 11) is 0. The minimum atomic E-state index is -0.556. The molecule has 0 aliphatic heterocycles. The zero-order chi connectivity index (χ0) is 12.1. The summed E-state index contributed by atoms with van der Waals surface area (Å²) in [4.78, 5) is 22.6. The number of nitrogens with one attached hydrogen (secondary N) is 1. The first kappa shape index (κ1) is 14.3. The van der Waals surface area contributed by atoms with Crippen LogP contribution < -0.4 is 5.32 Å². The van der Waals surface area contributed by atoms with Crippen LogP contribution in [0.4, 0.5) is 4.79 Å². The summed E-state index contributed by atoms with van der Waals surface area (Å²) in [5, 5.41) is 2.44. The molecule has 0 aromatic rings. The second kappa shape index (κ2) is 6.00. The summed E-state index contributed by atoms with van der Waals surface area (Å²) in [6, 6.07) is -0.509. The van der Waals surface area contributed by atoms with Crippen molar-refractivity contribution in [2.75, 3.05) is 5.75 Å². The molecule has 0 aromatic carbocycles. The summed E-state index contributed by atoms with van der Waals surface area (Å²) >= 11 is 1.19. The molecule has 1 N–H and O–H groups in total. The maximum absolute atomic E-state index is 11.3. The first-order valence-corrected chi connectivity index (χ1v) is 5.91. The standard InChI is InChI=1S/C10H19NO3S/c1-6-15-8(12)7(2)11-9(13)14-10(3,4)5/h7H,6H2,1-5H3,(H,11,13)/t7-/m0/s1. The van der Waals surface area contributed by atoms with Gasteiger partial charge in [-0.3, -0.25) is 4.79 Å². The number of ether oxygens (including phenoxy) is 1. The van der Waals surface area contributed by atoms with Gasteiger partial charge in [0.05, 0.1) is 6.04 Å². The number of carbonyl (C=O) groups is 2. The highest BCUT2D eigenvalue weighted by Gasteiger charge is 2.20. The maximum Gasteiger partial charge on any atom is 0.408 e. The van der Waals surface area contributed by atoms with Gasteiger partial charge < -0.3 is 10.1 Å². The quantitative estimate of drug-likeness (QED) is 0.811. The molecule has 0 saturated heterocycles. The van der Waals surface area contributed by atoms with Gasteiger partial charge in [0.2, 0.25) is 5.12 Å². The molecule has 1 atom stereocenters. The predicted molar refractivity (Wildman–Crippen MR) is 62.0 cm³/mol. The predicted octanol–water partition coefficient (Wildman–Crippen LogP) is 2.18. The number of rotatable bonds is 3. The summed E-state index contributed by atoms with van der Waals surface area (Å²) in [5.41, 5.74) is -0.537. The molecule has 0 saturated carbocycles. The van der Waals surface area contributed by atoms with Crippen LogP contribution in [0, 0.1) is 0 Å². The van der Waals surface area contributed by atoms with Crippen molar-refractivity contribution in [2.24, 2.45) is 0 Å². The Labute approximate surface area is 95.1 Å². The Hall–Kier alpha value is -0.710. The van der Waals surface area contributed by atoms with Crippen LogP contribution in [0.5, 0.6) is 0 Å². The van der Waals surface area contributed by atoms with E-state index >= 15 is 0 Å². The topological polar surface area (TPSA) is 55.4 Å². The molecule has 0 aromatic heterocycles. The molecule has 0 fully saturated rings. The third-order valence-electron chi connectivity index (χ3n) is 1.37. The van der Waals surface area contributed by atoms with Gasteiger partial charge in [-0.1, -0.05) is 18.7 Å². The van der Waals surface area contributed by atoms with Crippen LogP contribution in [-0.2, 0) is 9.53 Å². The molecule has 0 rings (SSSR count). The Bertz CT molecular complexity index is 235.